The summed E-state index contributed by atoms with van der Waals surface area (Å²) in [4.78, 5) is 10.9. The third-order valence-corrected chi connectivity index (χ3v) is 3.14. The minimum absolute atomic E-state index is 0.146. The monoisotopic (exact) mass is 265 g/mol. The van der Waals surface area contributed by atoms with Gasteiger partial charge in [0.05, 0.1) is 6.61 Å². The van der Waals surface area contributed by atoms with Crippen LogP contribution in [0.15, 0.2) is 12.1 Å². The first-order valence-electron chi connectivity index (χ1n) is 6.45. The molecule has 0 fully saturated rings. The van der Waals surface area contributed by atoms with Gasteiger partial charge in [0.15, 0.2) is 0 Å². The number of rotatable bonds is 5. The van der Waals surface area contributed by atoms with Gasteiger partial charge in [-0.15, -0.1) is 0 Å². The number of ether oxygens (including phenoxy) is 2. The molecule has 0 aliphatic carbocycles. The molecular weight excluding hydrogens is 246 g/mol. The molecule has 2 rings (SSSR count). The summed E-state index contributed by atoms with van der Waals surface area (Å²) in [6.45, 7) is 4.43. The Morgan fingerprint density at radius 3 is 3.00 bits per heavy atom. The van der Waals surface area contributed by atoms with Crippen LogP contribution in [0.3, 0.4) is 0 Å². The molecule has 1 aliphatic rings. The lowest BCUT2D eigenvalue weighted by molar-refractivity contribution is -0.138. The first-order chi connectivity index (χ1) is 9.01. The Bertz CT molecular complexity index is 487. The molecule has 1 heterocycles. The molecule has 19 heavy (non-hydrogen) atoms. The fourth-order valence-corrected chi connectivity index (χ4v) is 2.26. The number of nitrogens with two attached hydrogens (primary N) is 1. The van der Waals surface area contributed by atoms with E-state index in [1.807, 2.05) is 26.0 Å². The quantitative estimate of drug-likeness (QED) is 0.840. The molecule has 1 unspecified atom stereocenters. The van der Waals surface area contributed by atoms with E-state index in [1.54, 1.807) is 0 Å². The number of carboxylic acid groups (broad SMARTS) is 1. The lowest BCUT2D eigenvalue weighted by Crippen LogP contribution is -2.32. The Hall–Kier alpha value is -1.75. The SMILES string of the molecule is CCOc1cc2c(cc1C[C@@H](N)C(=O)O)OC(C)C2. The van der Waals surface area contributed by atoms with Crippen molar-refractivity contribution in [1.29, 1.82) is 0 Å². The van der Waals surface area contributed by atoms with Gasteiger partial charge in [-0.1, -0.05) is 0 Å². The van der Waals surface area contributed by atoms with Gasteiger partial charge >= 0.3 is 5.97 Å². The van der Waals surface area contributed by atoms with Crippen molar-refractivity contribution in [2.24, 2.45) is 5.73 Å². The van der Waals surface area contributed by atoms with Crippen molar-refractivity contribution >= 4 is 5.97 Å². The average Bonchev–Trinajstić information content (AvgIpc) is 2.68. The molecule has 0 bridgehead atoms. The van der Waals surface area contributed by atoms with E-state index in [1.165, 1.54) is 0 Å². The van der Waals surface area contributed by atoms with Crippen molar-refractivity contribution in [1.82, 2.24) is 0 Å². The molecule has 0 amide bonds. The molecule has 5 heteroatoms. The highest BCUT2D eigenvalue weighted by molar-refractivity contribution is 5.73. The second kappa shape index (κ2) is 5.48. The molecule has 0 saturated carbocycles. The molecule has 0 spiro atoms. The highest BCUT2D eigenvalue weighted by atomic mass is 16.5. The zero-order chi connectivity index (χ0) is 14.0. The van der Waals surface area contributed by atoms with Gasteiger partial charge in [0.25, 0.3) is 0 Å². The van der Waals surface area contributed by atoms with Crippen LogP contribution in [0.4, 0.5) is 0 Å². The number of benzene rings is 1. The first-order valence-corrected chi connectivity index (χ1v) is 6.45. The Morgan fingerprint density at radius 2 is 2.37 bits per heavy atom. The standard InChI is InChI=1S/C14H19NO4/c1-3-18-12-6-9-4-8(2)19-13(9)7-10(12)5-11(15)14(16)17/h6-8,11H,3-5,15H2,1-2H3,(H,16,17)/t8?,11-/m1/s1. The van der Waals surface area contributed by atoms with E-state index in [-0.39, 0.29) is 12.5 Å². The summed E-state index contributed by atoms with van der Waals surface area (Å²) in [5.41, 5.74) is 7.47. The van der Waals surface area contributed by atoms with Gasteiger partial charge in [-0.25, -0.2) is 0 Å². The topological polar surface area (TPSA) is 81.8 Å². The molecule has 0 aromatic heterocycles. The lowest BCUT2D eigenvalue weighted by Gasteiger charge is -2.14. The van der Waals surface area contributed by atoms with Crippen LogP contribution in [-0.4, -0.2) is 29.8 Å². The summed E-state index contributed by atoms with van der Waals surface area (Å²) in [5.74, 6) is 0.497. The van der Waals surface area contributed by atoms with Crippen LogP contribution < -0.4 is 15.2 Å². The number of carbonyl (C=O) groups is 1. The molecule has 0 saturated heterocycles. The van der Waals surface area contributed by atoms with Crippen molar-refractivity contribution in [3.8, 4) is 11.5 Å². The maximum atomic E-state index is 10.9. The Morgan fingerprint density at radius 1 is 1.63 bits per heavy atom. The summed E-state index contributed by atoms with van der Waals surface area (Å²) in [7, 11) is 0. The lowest BCUT2D eigenvalue weighted by atomic mass is 10.0. The van der Waals surface area contributed by atoms with Crippen molar-refractivity contribution in [2.45, 2.75) is 38.8 Å². The number of hydrogen-bond donors (Lipinski definition) is 2. The fourth-order valence-electron chi connectivity index (χ4n) is 2.26. The molecule has 2 atom stereocenters. The van der Waals surface area contributed by atoms with Crippen LogP contribution in [0.1, 0.15) is 25.0 Å². The van der Waals surface area contributed by atoms with Crippen molar-refractivity contribution in [2.75, 3.05) is 6.61 Å². The van der Waals surface area contributed by atoms with E-state index in [0.29, 0.717) is 12.4 Å². The first kappa shape index (κ1) is 13.7. The molecule has 5 nitrogen and oxygen atoms in total. The molecule has 104 valence electrons. The Labute approximate surface area is 112 Å². The predicted octanol–water partition coefficient (Wildman–Crippen LogP) is 1.36. The normalized spacial score (nSPS) is 18.6. The molecule has 0 radical (unpaired) electrons. The van der Waals surface area contributed by atoms with Crippen LogP contribution in [0.25, 0.3) is 0 Å². The second-order valence-electron chi connectivity index (χ2n) is 4.78. The minimum Gasteiger partial charge on any atom is -0.494 e. The minimum atomic E-state index is -1.02. The molecule has 1 aliphatic heterocycles. The van der Waals surface area contributed by atoms with E-state index >= 15 is 0 Å². The zero-order valence-electron chi connectivity index (χ0n) is 11.2. The Kier molecular flexibility index (Phi) is 3.95. The smallest absolute Gasteiger partial charge is 0.320 e. The van der Waals surface area contributed by atoms with Gasteiger partial charge in [-0.3, -0.25) is 4.79 Å². The fraction of sp³-hybridized carbons (Fsp3) is 0.500. The summed E-state index contributed by atoms with van der Waals surface area (Å²) in [5, 5.41) is 8.90. The van der Waals surface area contributed by atoms with Gasteiger partial charge < -0.3 is 20.3 Å². The van der Waals surface area contributed by atoms with Crippen LogP contribution in [0, 0.1) is 0 Å². The highest BCUT2D eigenvalue weighted by Crippen LogP contribution is 2.35. The largest absolute Gasteiger partial charge is 0.494 e. The van der Waals surface area contributed by atoms with Gasteiger partial charge in [0.2, 0.25) is 0 Å². The third kappa shape index (κ3) is 2.98. The summed E-state index contributed by atoms with van der Waals surface area (Å²) >= 11 is 0. The van der Waals surface area contributed by atoms with Gasteiger partial charge in [0, 0.05) is 18.4 Å². The van der Waals surface area contributed by atoms with Gasteiger partial charge in [-0.05, 0) is 31.5 Å². The van der Waals surface area contributed by atoms with Crippen molar-refractivity contribution in [3.05, 3.63) is 23.3 Å². The van der Waals surface area contributed by atoms with Crippen LogP contribution in [-0.2, 0) is 17.6 Å². The second-order valence-corrected chi connectivity index (χ2v) is 4.78. The molecular formula is C14H19NO4. The maximum Gasteiger partial charge on any atom is 0.320 e. The van der Waals surface area contributed by atoms with Gasteiger partial charge in [-0.2, -0.15) is 0 Å². The number of fused-ring (bicyclic) bond motifs is 1. The van der Waals surface area contributed by atoms with Crippen molar-refractivity contribution < 1.29 is 19.4 Å². The van der Waals surface area contributed by atoms with E-state index < -0.39 is 12.0 Å². The van der Waals surface area contributed by atoms with Crippen LogP contribution >= 0.6 is 0 Å². The van der Waals surface area contributed by atoms with Gasteiger partial charge in [0.1, 0.15) is 23.6 Å². The summed E-state index contributed by atoms with van der Waals surface area (Å²) in [6.07, 6.45) is 1.23. The third-order valence-electron chi connectivity index (χ3n) is 3.14. The molecule has 1 aromatic carbocycles. The molecule has 1 aromatic rings. The maximum absolute atomic E-state index is 10.9. The van der Waals surface area contributed by atoms with Crippen LogP contribution in [0.2, 0.25) is 0 Å². The number of hydrogen-bond acceptors (Lipinski definition) is 4. The average molecular weight is 265 g/mol. The van der Waals surface area contributed by atoms with E-state index in [0.717, 1.165) is 23.3 Å². The summed E-state index contributed by atoms with van der Waals surface area (Å²) < 4.78 is 11.3. The van der Waals surface area contributed by atoms with E-state index in [4.69, 9.17) is 20.3 Å². The van der Waals surface area contributed by atoms with E-state index in [2.05, 4.69) is 0 Å². The highest BCUT2D eigenvalue weighted by Gasteiger charge is 2.23. The number of aliphatic carboxylic acids is 1. The Balaban J connectivity index is 2.30. The van der Waals surface area contributed by atoms with Crippen LogP contribution in [0.5, 0.6) is 11.5 Å². The molecule has 3 N–H and O–H groups in total. The van der Waals surface area contributed by atoms with Crippen molar-refractivity contribution in [3.63, 3.8) is 0 Å². The number of carboxylic acids is 1. The summed E-state index contributed by atoms with van der Waals surface area (Å²) in [6, 6.07) is 2.86. The predicted molar refractivity (Wildman–Crippen MR) is 70.7 cm³/mol. The van der Waals surface area contributed by atoms with E-state index in [9.17, 15) is 4.79 Å². The zero-order valence-corrected chi connectivity index (χ0v) is 11.2.